The van der Waals surface area contributed by atoms with Crippen molar-refractivity contribution >= 4 is 82.8 Å². The minimum Gasteiger partial charge on any atom is -0.497 e. The van der Waals surface area contributed by atoms with Crippen LogP contribution in [0.2, 0.25) is 5.02 Å². The molecule has 0 aliphatic rings. The molecule has 12 heteroatoms. The molecule has 0 radical (unpaired) electrons. The van der Waals surface area contributed by atoms with Crippen molar-refractivity contribution in [2.45, 2.75) is 19.8 Å². The number of hydrogen-bond acceptors (Lipinski definition) is 7. The predicted octanol–water partition coefficient (Wildman–Crippen LogP) is 4.94. The molecule has 43 heavy (non-hydrogen) atoms. The highest BCUT2D eigenvalue weighted by Gasteiger charge is 2.22. The van der Waals surface area contributed by atoms with Gasteiger partial charge in [0.1, 0.15) is 5.75 Å². The van der Waals surface area contributed by atoms with Gasteiger partial charge >= 0.3 is 0 Å². The van der Waals surface area contributed by atoms with E-state index in [9.17, 15) is 19.2 Å². The van der Waals surface area contributed by atoms with Crippen LogP contribution in [0.1, 0.15) is 27.2 Å². The van der Waals surface area contributed by atoms with Gasteiger partial charge in [0.2, 0.25) is 17.7 Å². The van der Waals surface area contributed by atoms with Crippen LogP contribution in [0.3, 0.4) is 0 Å². The van der Waals surface area contributed by atoms with Crippen molar-refractivity contribution in [2.24, 2.45) is 0 Å². The van der Waals surface area contributed by atoms with Crippen molar-refractivity contribution in [2.75, 3.05) is 35.8 Å². The Hall–Kier alpha value is -3.93. The summed E-state index contributed by atoms with van der Waals surface area (Å²) in [5, 5.41) is 9.66. The van der Waals surface area contributed by atoms with Crippen LogP contribution in [-0.4, -0.2) is 53.4 Å². The van der Waals surface area contributed by atoms with Crippen LogP contribution in [0.15, 0.2) is 60.7 Å². The SMILES string of the molecule is COc1ccc2c(c1)c(CC(=O)NCCc1ccc(NC(=O)CS)c(NC(=O)CS)c1)c(C)n2C(=O)c1ccc(Cl)cc1. The summed E-state index contributed by atoms with van der Waals surface area (Å²) < 4.78 is 7.02. The Labute approximate surface area is 265 Å². The molecule has 0 atom stereocenters. The molecule has 1 heterocycles. The Morgan fingerprint density at radius 3 is 2.19 bits per heavy atom. The van der Waals surface area contributed by atoms with E-state index in [1.165, 1.54) is 0 Å². The van der Waals surface area contributed by atoms with Gasteiger partial charge in [-0.25, -0.2) is 0 Å². The Balaban J connectivity index is 1.52. The molecule has 0 spiro atoms. The average molecular weight is 639 g/mol. The number of benzene rings is 3. The first-order valence-electron chi connectivity index (χ1n) is 13.3. The summed E-state index contributed by atoms with van der Waals surface area (Å²) in [4.78, 5) is 50.5. The van der Waals surface area contributed by atoms with Crippen molar-refractivity contribution in [3.05, 3.63) is 88.1 Å². The molecule has 0 aliphatic carbocycles. The predicted molar refractivity (Wildman–Crippen MR) is 176 cm³/mol. The number of anilines is 2. The maximum absolute atomic E-state index is 13.5. The van der Waals surface area contributed by atoms with Gasteiger partial charge in [-0.05, 0) is 79.1 Å². The lowest BCUT2D eigenvalue weighted by Gasteiger charge is -2.14. The summed E-state index contributed by atoms with van der Waals surface area (Å²) in [6, 6.07) is 17.3. The third-order valence-corrected chi connectivity index (χ3v) is 7.66. The third-order valence-electron chi connectivity index (χ3n) is 6.83. The monoisotopic (exact) mass is 638 g/mol. The molecule has 4 rings (SSSR count). The van der Waals surface area contributed by atoms with E-state index < -0.39 is 0 Å². The number of hydrogen-bond donors (Lipinski definition) is 5. The summed E-state index contributed by atoms with van der Waals surface area (Å²) in [5.74, 6) is -0.498. The number of fused-ring (bicyclic) bond motifs is 1. The van der Waals surface area contributed by atoms with Gasteiger partial charge in [-0.1, -0.05) is 17.7 Å². The molecule has 0 fully saturated rings. The third kappa shape index (κ3) is 7.73. The van der Waals surface area contributed by atoms with Gasteiger partial charge in [0.25, 0.3) is 5.91 Å². The van der Waals surface area contributed by atoms with Crippen molar-refractivity contribution < 1.29 is 23.9 Å². The Morgan fingerprint density at radius 2 is 1.53 bits per heavy atom. The second-order valence-corrected chi connectivity index (χ2v) is 10.7. The molecule has 3 aromatic carbocycles. The molecular formula is C31H31ClN4O5S2. The molecule has 3 amide bonds. The topological polar surface area (TPSA) is 119 Å². The van der Waals surface area contributed by atoms with Crippen LogP contribution >= 0.6 is 36.9 Å². The van der Waals surface area contributed by atoms with Crippen LogP contribution in [0.25, 0.3) is 10.9 Å². The summed E-state index contributed by atoms with van der Waals surface area (Å²) in [6.07, 6.45) is 0.522. The number of carbonyl (C=O) groups is 4. The first-order chi connectivity index (χ1) is 20.6. The number of thiol groups is 2. The molecule has 9 nitrogen and oxygen atoms in total. The zero-order valence-electron chi connectivity index (χ0n) is 23.6. The maximum atomic E-state index is 13.5. The normalized spacial score (nSPS) is 10.8. The highest BCUT2D eigenvalue weighted by Crippen LogP contribution is 2.31. The van der Waals surface area contributed by atoms with E-state index in [2.05, 4.69) is 41.2 Å². The van der Waals surface area contributed by atoms with Crippen LogP contribution in [0.5, 0.6) is 5.75 Å². The molecule has 0 aliphatic heterocycles. The minimum absolute atomic E-state index is 0.00600. The molecule has 4 aromatic rings. The number of nitrogens with zero attached hydrogens (tertiary/aromatic N) is 1. The second kappa shape index (κ2) is 14.5. The zero-order chi connectivity index (χ0) is 31.1. The van der Waals surface area contributed by atoms with Crippen LogP contribution in [-0.2, 0) is 27.2 Å². The first kappa shape index (κ1) is 32.0. The Bertz CT molecular complexity index is 1690. The van der Waals surface area contributed by atoms with Crippen LogP contribution in [0.4, 0.5) is 11.4 Å². The standard InChI is InChI=1S/C31H31ClN4O5S2/c1-18-23(24-14-22(41-2)8-10-27(24)36(18)31(40)20-4-6-21(32)7-5-20)15-28(37)33-12-11-19-3-9-25(34-29(38)16-42)26(13-19)35-30(39)17-43/h3-10,13-14,42-43H,11-12,15-17H2,1-2H3,(H,33,37)(H,34,38)(H,35,39). The van der Waals surface area contributed by atoms with Gasteiger partial charge in [-0.15, -0.1) is 0 Å². The largest absolute Gasteiger partial charge is 0.497 e. The molecule has 0 bridgehead atoms. The van der Waals surface area contributed by atoms with E-state index in [0.717, 1.165) is 16.5 Å². The fourth-order valence-corrected chi connectivity index (χ4v) is 4.99. The summed E-state index contributed by atoms with van der Waals surface area (Å²) in [6.45, 7) is 2.14. The van der Waals surface area contributed by atoms with Gasteiger partial charge in [0, 0.05) is 28.2 Å². The van der Waals surface area contributed by atoms with Crippen molar-refractivity contribution in [1.82, 2.24) is 9.88 Å². The van der Waals surface area contributed by atoms with Crippen LogP contribution in [0, 0.1) is 6.92 Å². The van der Waals surface area contributed by atoms with E-state index in [-0.39, 0.29) is 41.6 Å². The highest BCUT2D eigenvalue weighted by molar-refractivity contribution is 7.81. The number of rotatable bonds is 11. The number of amides is 3. The van der Waals surface area contributed by atoms with Gasteiger partial charge < -0.3 is 20.7 Å². The number of ether oxygens (including phenoxy) is 1. The molecule has 0 saturated carbocycles. The Kier molecular flexibility index (Phi) is 10.8. The summed E-state index contributed by atoms with van der Waals surface area (Å²) in [7, 11) is 1.56. The number of aromatic nitrogens is 1. The molecule has 3 N–H and O–H groups in total. The number of methoxy groups -OCH3 is 1. The number of halogens is 1. The molecule has 224 valence electrons. The zero-order valence-corrected chi connectivity index (χ0v) is 26.1. The second-order valence-electron chi connectivity index (χ2n) is 9.66. The molecular weight excluding hydrogens is 608 g/mol. The van der Waals surface area contributed by atoms with Gasteiger partial charge in [0.05, 0.1) is 41.9 Å². The minimum atomic E-state index is -0.323. The summed E-state index contributed by atoms with van der Waals surface area (Å²) in [5.41, 5.74) is 4.22. The molecule has 0 saturated heterocycles. The smallest absolute Gasteiger partial charge is 0.262 e. The average Bonchev–Trinajstić information content (AvgIpc) is 3.27. The highest BCUT2D eigenvalue weighted by atomic mass is 35.5. The first-order valence-corrected chi connectivity index (χ1v) is 15.0. The van der Waals surface area contributed by atoms with E-state index in [1.807, 2.05) is 25.1 Å². The fraction of sp³-hybridized carbons (Fsp3) is 0.226. The number of nitrogens with one attached hydrogen (secondary N) is 3. The lowest BCUT2D eigenvalue weighted by molar-refractivity contribution is -0.120. The lowest BCUT2D eigenvalue weighted by atomic mass is 10.1. The van der Waals surface area contributed by atoms with Crippen molar-refractivity contribution in [3.63, 3.8) is 0 Å². The van der Waals surface area contributed by atoms with E-state index in [0.29, 0.717) is 51.9 Å². The maximum Gasteiger partial charge on any atom is 0.262 e. The quantitative estimate of drug-likeness (QED) is 0.149. The molecule has 1 aromatic heterocycles. The van der Waals surface area contributed by atoms with Crippen LogP contribution < -0.4 is 20.7 Å². The van der Waals surface area contributed by atoms with Crippen molar-refractivity contribution in [1.29, 1.82) is 0 Å². The van der Waals surface area contributed by atoms with Gasteiger partial charge in [0.15, 0.2) is 0 Å². The van der Waals surface area contributed by atoms with E-state index >= 15 is 0 Å². The Morgan fingerprint density at radius 1 is 0.860 bits per heavy atom. The van der Waals surface area contributed by atoms with Crippen molar-refractivity contribution in [3.8, 4) is 5.75 Å². The van der Waals surface area contributed by atoms with E-state index in [4.69, 9.17) is 16.3 Å². The summed E-state index contributed by atoms with van der Waals surface area (Å²) >= 11 is 14.0. The van der Waals surface area contributed by atoms with E-state index in [1.54, 1.807) is 54.1 Å². The van der Waals surface area contributed by atoms with Gasteiger partial charge in [-0.2, -0.15) is 25.3 Å². The number of carbonyl (C=O) groups excluding carboxylic acids is 4. The molecule has 0 unspecified atom stereocenters. The lowest BCUT2D eigenvalue weighted by Crippen LogP contribution is -2.27. The van der Waals surface area contributed by atoms with Gasteiger partial charge in [-0.3, -0.25) is 23.7 Å². The fourth-order valence-electron chi connectivity index (χ4n) is 4.70.